The van der Waals surface area contributed by atoms with Crippen molar-refractivity contribution in [2.45, 2.75) is 52.0 Å². The molecular formula is C22H29N5O5S2. The van der Waals surface area contributed by atoms with Crippen molar-refractivity contribution < 1.29 is 22.1 Å². The summed E-state index contributed by atoms with van der Waals surface area (Å²) in [5, 5.41) is 4.71. The molecule has 184 valence electrons. The summed E-state index contributed by atoms with van der Waals surface area (Å²) in [5.41, 5.74) is 3.90. The molecule has 3 aromatic heterocycles. The summed E-state index contributed by atoms with van der Waals surface area (Å²) in [6.45, 7) is 6.60. The summed E-state index contributed by atoms with van der Waals surface area (Å²) in [4.78, 5) is 7.20. The lowest BCUT2D eigenvalue weighted by Crippen LogP contribution is -2.44. The van der Waals surface area contributed by atoms with Crippen LogP contribution in [0, 0.1) is 6.92 Å². The molecule has 34 heavy (non-hydrogen) atoms. The number of anilines is 1. The summed E-state index contributed by atoms with van der Waals surface area (Å²) >= 11 is 1.29. The Bertz CT molecular complexity index is 1280. The maximum absolute atomic E-state index is 11.7. The Labute approximate surface area is 203 Å². The molecule has 2 fully saturated rings. The van der Waals surface area contributed by atoms with Crippen LogP contribution in [0.15, 0.2) is 12.1 Å². The molecule has 1 unspecified atom stereocenters. The van der Waals surface area contributed by atoms with E-state index in [1.54, 1.807) is 0 Å². The van der Waals surface area contributed by atoms with E-state index >= 15 is 0 Å². The van der Waals surface area contributed by atoms with E-state index in [9.17, 15) is 8.42 Å². The summed E-state index contributed by atoms with van der Waals surface area (Å²) in [6.07, 6.45) is 3.96. The Morgan fingerprint density at radius 1 is 1.26 bits per heavy atom. The quantitative estimate of drug-likeness (QED) is 0.464. The standard InChI is InChI=1S/C22H29N5O5S2/c1-14-10-17(27(24-14)19-6-4-5-8-31-19)20-21-22(33-25-20)16(13-32-34(3,28)29)11-18(23-21)26-7-9-30-12-15(26)2/h10-11,15,19H,4-9,12-13H2,1-3H3/t15-,19?/m1/s1. The molecule has 0 bridgehead atoms. The Kier molecular flexibility index (Phi) is 6.60. The van der Waals surface area contributed by atoms with Gasteiger partial charge in [-0.15, -0.1) is 0 Å². The van der Waals surface area contributed by atoms with E-state index in [0.717, 1.165) is 58.7 Å². The lowest BCUT2D eigenvalue weighted by Gasteiger charge is -2.34. The van der Waals surface area contributed by atoms with E-state index < -0.39 is 10.1 Å². The van der Waals surface area contributed by atoms with Crippen LogP contribution in [0.2, 0.25) is 0 Å². The number of aryl methyl sites for hydroxylation is 1. The van der Waals surface area contributed by atoms with Crippen molar-refractivity contribution in [2.75, 3.05) is 37.5 Å². The van der Waals surface area contributed by atoms with Gasteiger partial charge in [0.05, 0.1) is 48.2 Å². The predicted octanol–water partition coefficient (Wildman–Crippen LogP) is 3.26. The van der Waals surface area contributed by atoms with Crippen molar-refractivity contribution in [1.29, 1.82) is 0 Å². The SMILES string of the molecule is Cc1cc(-c2nsc3c(COS(C)(=O)=O)cc(N4CCOC[C@H]4C)nc23)n(C2CCCCO2)n1. The van der Waals surface area contributed by atoms with Crippen LogP contribution in [-0.4, -0.2) is 66.2 Å². The molecule has 2 saturated heterocycles. The fourth-order valence-corrected chi connectivity index (χ4v) is 5.63. The number of pyridine rings is 1. The van der Waals surface area contributed by atoms with Gasteiger partial charge in [-0.2, -0.15) is 17.9 Å². The molecule has 0 spiro atoms. The molecule has 0 aliphatic carbocycles. The molecule has 0 radical (unpaired) electrons. The van der Waals surface area contributed by atoms with Gasteiger partial charge in [-0.05, 0) is 56.8 Å². The predicted molar refractivity (Wildman–Crippen MR) is 129 cm³/mol. The van der Waals surface area contributed by atoms with Crippen LogP contribution in [0.3, 0.4) is 0 Å². The largest absolute Gasteiger partial charge is 0.377 e. The van der Waals surface area contributed by atoms with Gasteiger partial charge in [0.2, 0.25) is 0 Å². The van der Waals surface area contributed by atoms with E-state index in [-0.39, 0.29) is 18.9 Å². The molecule has 2 atom stereocenters. The van der Waals surface area contributed by atoms with Crippen molar-refractivity contribution in [3.8, 4) is 11.4 Å². The first-order chi connectivity index (χ1) is 16.3. The zero-order chi connectivity index (χ0) is 23.9. The van der Waals surface area contributed by atoms with Gasteiger partial charge in [-0.25, -0.2) is 9.67 Å². The van der Waals surface area contributed by atoms with Crippen LogP contribution in [0.25, 0.3) is 21.6 Å². The van der Waals surface area contributed by atoms with Gasteiger partial charge < -0.3 is 14.4 Å². The lowest BCUT2D eigenvalue weighted by molar-refractivity contribution is -0.0385. The van der Waals surface area contributed by atoms with E-state index in [0.29, 0.717) is 31.9 Å². The highest BCUT2D eigenvalue weighted by Gasteiger charge is 2.27. The number of nitrogens with zero attached hydrogens (tertiary/aromatic N) is 5. The highest BCUT2D eigenvalue weighted by molar-refractivity contribution is 7.85. The third-order valence-corrected chi connectivity index (χ3v) is 7.57. The van der Waals surface area contributed by atoms with Crippen molar-refractivity contribution in [3.05, 3.63) is 23.4 Å². The molecule has 10 nitrogen and oxygen atoms in total. The topological polar surface area (TPSA) is 109 Å². The molecule has 2 aliphatic rings. The van der Waals surface area contributed by atoms with E-state index in [4.69, 9.17) is 28.1 Å². The third-order valence-electron chi connectivity index (χ3n) is 6.11. The number of rotatable bonds is 6. The van der Waals surface area contributed by atoms with Gasteiger partial charge in [0.15, 0.2) is 6.23 Å². The number of hydrogen-bond acceptors (Lipinski definition) is 10. The van der Waals surface area contributed by atoms with Gasteiger partial charge >= 0.3 is 0 Å². The molecule has 0 saturated carbocycles. The monoisotopic (exact) mass is 507 g/mol. The zero-order valence-electron chi connectivity index (χ0n) is 19.6. The fraction of sp³-hybridized carbons (Fsp3) is 0.591. The first-order valence-electron chi connectivity index (χ1n) is 11.5. The van der Waals surface area contributed by atoms with Gasteiger partial charge in [-0.1, -0.05) is 0 Å². The Morgan fingerprint density at radius 3 is 2.85 bits per heavy atom. The fourth-order valence-electron chi connectivity index (χ4n) is 4.46. The van der Waals surface area contributed by atoms with Crippen molar-refractivity contribution in [2.24, 2.45) is 0 Å². The lowest BCUT2D eigenvalue weighted by atomic mass is 10.1. The van der Waals surface area contributed by atoms with Crippen molar-refractivity contribution in [3.63, 3.8) is 0 Å². The van der Waals surface area contributed by atoms with Crippen LogP contribution >= 0.6 is 11.5 Å². The maximum atomic E-state index is 11.7. The minimum Gasteiger partial charge on any atom is -0.377 e. The van der Waals surface area contributed by atoms with E-state index in [2.05, 4.69) is 11.8 Å². The highest BCUT2D eigenvalue weighted by atomic mass is 32.2. The van der Waals surface area contributed by atoms with Crippen LogP contribution in [0.1, 0.15) is 43.7 Å². The van der Waals surface area contributed by atoms with Gasteiger partial charge in [0, 0.05) is 18.7 Å². The molecule has 5 heterocycles. The second-order valence-corrected chi connectivity index (χ2v) is 11.3. The highest BCUT2D eigenvalue weighted by Crippen LogP contribution is 2.37. The molecule has 0 N–H and O–H groups in total. The molecule has 0 aromatic carbocycles. The average molecular weight is 508 g/mol. The maximum Gasteiger partial charge on any atom is 0.264 e. The Morgan fingerprint density at radius 2 is 2.12 bits per heavy atom. The number of ether oxygens (including phenoxy) is 2. The van der Waals surface area contributed by atoms with Crippen LogP contribution in [-0.2, 0) is 30.4 Å². The number of hydrogen-bond donors (Lipinski definition) is 0. The summed E-state index contributed by atoms with van der Waals surface area (Å²) in [6, 6.07) is 4.05. The number of aromatic nitrogens is 4. The first kappa shape index (κ1) is 23.6. The van der Waals surface area contributed by atoms with E-state index in [1.165, 1.54) is 11.5 Å². The molecule has 2 aliphatic heterocycles. The van der Waals surface area contributed by atoms with Crippen LogP contribution < -0.4 is 4.90 Å². The molecular weight excluding hydrogens is 478 g/mol. The van der Waals surface area contributed by atoms with Crippen LogP contribution in [0.4, 0.5) is 5.82 Å². The van der Waals surface area contributed by atoms with Gasteiger partial charge in [0.25, 0.3) is 10.1 Å². The summed E-state index contributed by atoms with van der Waals surface area (Å²) in [7, 11) is -3.60. The smallest absolute Gasteiger partial charge is 0.264 e. The molecule has 0 amide bonds. The normalized spacial score (nSPS) is 21.9. The Hall–Kier alpha value is -2.12. The second-order valence-electron chi connectivity index (χ2n) is 8.87. The van der Waals surface area contributed by atoms with Crippen molar-refractivity contribution >= 4 is 37.7 Å². The Balaban J connectivity index is 1.63. The number of morpholine rings is 1. The minimum absolute atomic E-state index is 0.0742. The summed E-state index contributed by atoms with van der Waals surface area (Å²) < 4.78 is 47.7. The van der Waals surface area contributed by atoms with Crippen molar-refractivity contribution in [1.82, 2.24) is 19.1 Å². The van der Waals surface area contributed by atoms with Crippen LogP contribution in [0.5, 0.6) is 0 Å². The van der Waals surface area contributed by atoms with Gasteiger partial charge in [0.1, 0.15) is 17.0 Å². The molecule has 3 aromatic rings. The van der Waals surface area contributed by atoms with E-state index in [1.807, 2.05) is 23.7 Å². The minimum atomic E-state index is -3.60. The average Bonchev–Trinajstić information content (AvgIpc) is 3.41. The third kappa shape index (κ3) is 4.82. The second kappa shape index (κ2) is 9.50. The van der Waals surface area contributed by atoms with Gasteiger partial charge in [-0.3, -0.25) is 4.18 Å². The molecule has 5 rings (SSSR count). The summed E-state index contributed by atoms with van der Waals surface area (Å²) in [5.74, 6) is 0.758. The number of fused-ring (bicyclic) bond motifs is 1. The first-order valence-corrected chi connectivity index (χ1v) is 14.1. The zero-order valence-corrected chi connectivity index (χ0v) is 21.2. The molecule has 12 heteroatoms.